The number of carbonyl (C=O) groups is 2. The van der Waals surface area contributed by atoms with Crippen molar-refractivity contribution >= 4 is 12.1 Å². The van der Waals surface area contributed by atoms with Crippen molar-refractivity contribution in [3.8, 4) is 0 Å². The first-order chi connectivity index (χ1) is 15.1. The fourth-order valence-electron chi connectivity index (χ4n) is 3.05. The van der Waals surface area contributed by atoms with Crippen molar-refractivity contribution in [3.05, 3.63) is 108 Å². The zero-order chi connectivity index (χ0) is 21.9. The van der Waals surface area contributed by atoms with Gasteiger partial charge in [0.15, 0.2) is 0 Å². The first-order valence-corrected chi connectivity index (χ1v) is 10.1. The maximum atomic E-state index is 12.3. The van der Waals surface area contributed by atoms with E-state index < -0.39 is 24.2 Å². The Kier molecular flexibility index (Phi) is 8.20. The summed E-state index contributed by atoms with van der Waals surface area (Å²) in [5, 5.41) is 13.4. The Hall–Kier alpha value is -3.64. The van der Waals surface area contributed by atoms with E-state index in [0.717, 1.165) is 11.1 Å². The second-order valence-electron chi connectivity index (χ2n) is 6.95. The van der Waals surface area contributed by atoms with E-state index in [2.05, 4.69) is 5.32 Å². The van der Waals surface area contributed by atoms with E-state index in [1.807, 2.05) is 54.6 Å². The molecule has 160 valence electrons. The van der Waals surface area contributed by atoms with Crippen LogP contribution in [0.2, 0.25) is 0 Å². The molecule has 31 heavy (non-hydrogen) atoms. The molecule has 2 N–H and O–H groups in total. The summed E-state index contributed by atoms with van der Waals surface area (Å²) in [6, 6.07) is 26.4. The molecule has 0 bridgehead atoms. The van der Waals surface area contributed by atoms with Crippen LogP contribution in [0.15, 0.2) is 91.0 Å². The monoisotopic (exact) mass is 419 g/mol. The van der Waals surface area contributed by atoms with Gasteiger partial charge in [0, 0.05) is 6.42 Å². The Labute approximate surface area is 181 Å². The van der Waals surface area contributed by atoms with Crippen LogP contribution in [0, 0.1) is 0 Å². The van der Waals surface area contributed by atoms with Gasteiger partial charge in [0.05, 0.1) is 24.3 Å². The van der Waals surface area contributed by atoms with Crippen molar-refractivity contribution in [2.45, 2.75) is 25.2 Å². The lowest BCUT2D eigenvalue weighted by atomic mass is 9.99. The Morgan fingerprint density at radius 3 is 2.03 bits per heavy atom. The summed E-state index contributed by atoms with van der Waals surface area (Å²) in [5.74, 6) is -0.459. The van der Waals surface area contributed by atoms with Crippen LogP contribution in [0.5, 0.6) is 0 Å². The lowest BCUT2D eigenvalue weighted by Gasteiger charge is -2.24. The fourth-order valence-corrected chi connectivity index (χ4v) is 3.05. The standard InChI is InChI=1S/C25H25NO5/c27-22(16-17-30-24(28)21-14-8-3-9-15-21)23(20-12-6-2-7-13-20)26-25(29)31-18-19-10-4-1-5-11-19/h1-15,22-23,27H,16-18H2,(H,26,29). The van der Waals surface area contributed by atoms with E-state index >= 15 is 0 Å². The molecular weight excluding hydrogens is 394 g/mol. The van der Waals surface area contributed by atoms with E-state index in [0.29, 0.717) is 5.56 Å². The highest BCUT2D eigenvalue weighted by Crippen LogP contribution is 2.20. The van der Waals surface area contributed by atoms with Gasteiger partial charge in [-0.2, -0.15) is 0 Å². The lowest BCUT2D eigenvalue weighted by Crippen LogP contribution is -2.37. The van der Waals surface area contributed by atoms with E-state index in [9.17, 15) is 14.7 Å². The Morgan fingerprint density at radius 1 is 0.806 bits per heavy atom. The van der Waals surface area contributed by atoms with Gasteiger partial charge in [-0.05, 0) is 23.3 Å². The summed E-state index contributed by atoms with van der Waals surface area (Å²) in [7, 11) is 0. The van der Waals surface area contributed by atoms with Crippen molar-refractivity contribution < 1.29 is 24.2 Å². The smallest absolute Gasteiger partial charge is 0.408 e. The predicted molar refractivity (Wildman–Crippen MR) is 116 cm³/mol. The SMILES string of the molecule is O=C(NC(c1ccccc1)C(O)CCOC(=O)c1ccccc1)OCc1ccccc1. The van der Waals surface area contributed by atoms with Gasteiger partial charge in [-0.1, -0.05) is 78.9 Å². The molecule has 0 spiro atoms. The number of hydrogen-bond donors (Lipinski definition) is 2. The number of aliphatic hydroxyl groups excluding tert-OH is 1. The third kappa shape index (κ3) is 6.97. The van der Waals surface area contributed by atoms with Crippen molar-refractivity contribution in [2.75, 3.05) is 6.61 Å². The van der Waals surface area contributed by atoms with Gasteiger partial charge in [0.1, 0.15) is 6.61 Å². The Balaban J connectivity index is 1.56. The molecule has 2 unspecified atom stereocenters. The molecule has 1 amide bonds. The fraction of sp³-hybridized carbons (Fsp3) is 0.200. The number of amides is 1. The Bertz CT molecular complexity index is 947. The van der Waals surface area contributed by atoms with Gasteiger partial charge in [-0.25, -0.2) is 9.59 Å². The highest BCUT2D eigenvalue weighted by molar-refractivity contribution is 5.89. The largest absolute Gasteiger partial charge is 0.462 e. The number of benzene rings is 3. The Morgan fingerprint density at radius 2 is 1.39 bits per heavy atom. The van der Waals surface area contributed by atoms with Gasteiger partial charge in [-0.15, -0.1) is 0 Å². The molecule has 0 aliphatic heterocycles. The highest BCUT2D eigenvalue weighted by atomic mass is 16.5. The average Bonchev–Trinajstić information content (AvgIpc) is 2.83. The van der Waals surface area contributed by atoms with E-state index in [1.54, 1.807) is 36.4 Å². The van der Waals surface area contributed by atoms with Crippen molar-refractivity contribution in [1.82, 2.24) is 5.32 Å². The van der Waals surface area contributed by atoms with Gasteiger partial charge >= 0.3 is 12.1 Å². The predicted octanol–water partition coefficient (Wildman–Crippen LogP) is 4.26. The van der Waals surface area contributed by atoms with E-state index in [4.69, 9.17) is 9.47 Å². The molecule has 0 heterocycles. The summed E-state index contributed by atoms with van der Waals surface area (Å²) in [4.78, 5) is 24.4. The van der Waals surface area contributed by atoms with Crippen LogP contribution in [0.4, 0.5) is 4.79 Å². The topological polar surface area (TPSA) is 84.9 Å². The van der Waals surface area contributed by atoms with Crippen LogP contribution in [-0.4, -0.2) is 29.9 Å². The minimum absolute atomic E-state index is 0.0129. The number of rotatable bonds is 9. The first-order valence-electron chi connectivity index (χ1n) is 10.1. The zero-order valence-corrected chi connectivity index (χ0v) is 17.0. The van der Waals surface area contributed by atoms with Crippen LogP contribution in [-0.2, 0) is 16.1 Å². The van der Waals surface area contributed by atoms with E-state index in [1.165, 1.54) is 0 Å². The molecule has 0 saturated carbocycles. The van der Waals surface area contributed by atoms with Gasteiger partial charge in [-0.3, -0.25) is 0 Å². The third-order valence-corrected chi connectivity index (χ3v) is 4.69. The average molecular weight is 419 g/mol. The number of ether oxygens (including phenoxy) is 2. The molecule has 0 saturated heterocycles. The normalized spacial score (nSPS) is 12.4. The molecule has 3 aromatic rings. The summed E-state index contributed by atoms with van der Waals surface area (Å²) >= 11 is 0. The van der Waals surface area contributed by atoms with Crippen molar-refractivity contribution in [3.63, 3.8) is 0 Å². The maximum absolute atomic E-state index is 12.3. The molecule has 6 nitrogen and oxygen atoms in total. The van der Waals surface area contributed by atoms with Gasteiger partial charge in [0.25, 0.3) is 0 Å². The lowest BCUT2D eigenvalue weighted by molar-refractivity contribution is 0.0378. The molecule has 0 aliphatic carbocycles. The number of esters is 1. The zero-order valence-electron chi connectivity index (χ0n) is 17.0. The number of hydrogen-bond acceptors (Lipinski definition) is 5. The summed E-state index contributed by atoms with van der Waals surface area (Å²) in [6.07, 6.45) is -1.47. The van der Waals surface area contributed by atoms with Gasteiger partial charge < -0.3 is 19.9 Å². The molecule has 0 aliphatic rings. The minimum Gasteiger partial charge on any atom is -0.462 e. The van der Waals surface area contributed by atoms with E-state index in [-0.39, 0.29) is 19.6 Å². The van der Waals surface area contributed by atoms with Crippen molar-refractivity contribution in [2.24, 2.45) is 0 Å². The van der Waals surface area contributed by atoms with Crippen LogP contribution in [0.25, 0.3) is 0 Å². The number of aliphatic hydroxyl groups is 1. The maximum Gasteiger partial charge on any atom is 0.408 e. The second-order valence-corrected chi connectivity index (χ2v) is 6.95. The van der Waals surface area contributed by atoms with Crippen LogP contribution < -0.4 is 5.32 Å². The van der Waals surface area contributed by atoms with Crippen LogP contribution in [0.3, 0.4) is 0 Å². The molecule has 0 fully saturated rings. The van der Waals surface area contributed by atoms with Crippen LogP contribution in [0.1, 0.15) is 33.9 Å². The van der Waals surface area contributed by atoms with Gasteiger partial charge in [0.2, 0.25) is 0 Å². The second kappa shape index (κ2) is 11.5. The van der Waals surface area contributed by atoms with Crippen LogP contribution >= 0.6 is 0 Å². The molecule has 3 rings (SSSR count). The highest BCUT2D eigenvalue weighted by Gasteiger charge is 2.24. The molecule has 6 heteroatoms. The number of nitrogens with one attached hydrogen (secondary N) is 1. The molecule has 2 atom stereocenters. The summed E-state index contributed by atoms with van der Waals surface area (Å²) in [5.41, 5.74) is 2.03. The minimum atomic E-state index is -0.977. The number of carbonyl (C=O) groups excluding carboxylic acids is 2. The quantitative estimate of drug-likeness (QED) is 0.506. The molecule has 0 aromatic heterocycles. The van der Waals surface area contributed by atoms with Crippen molar-refractivity contribution in [1.29, 1.82) is 0 Å². The number of alkyl carbamates (subject to hydrolysis) is 1. The summed E-state index contributed by atoms with van der Waals surface area (Å²) in [6.45, 7) is 0.137. The third-order valence-electron chi connectivity index (χ3n) is 4.69. The molecular formula is C25H25NO5. The molecule has 0 radical (unpaired) electrons. The summed E-state index contributed by atoms with van der Waals surface area (Å²) < 4.78 is 10.5. The molecule has 3 aromatic carbocycles. The first kappa shape index (κ1) is 22.1.